The number of anilines is 1. The standard InChI is InChI=1S/C18H15F2N5O3/c1-10-8-25(28-9-10)18(27)11-5-14(13(20)6-12(11)19)22-17(26)15-7-16-21-3-2-4-24(16)23-15/h2-7,10H,8-9H2,1H3,(H,22,26). The summed E-state index contributed by atoms with van der Waals surface area (Å²) in [5.74, 6) is -3.41. The molecule has 8 nitrogen and oxygen atoms in total. The molecule has 0 aliphatic carbocycles. The largest absolute Gasteiger partial charge is 0.318 e. The predicted octanol–water partition coefficient (Wildman–Crippen LogP) is 2.28. The lowest BCUT2D eigenvalue weighted by molar-refractivity contribution is -0.0774. The number of nitrogens with one attached hydrogen (secondary N) is 1. The Morgan fingerprint density at radius 3 is 2.79 bits per heavy atom. The van der Waals surface area contributed by atoms with Crippen LogP contribution in [0.5, 0.6) is 0 Å². The molecule has 3 heterocycles. The smallest absolute Gasteiger partial charge is 0.280 e. The quantitative estimate of drug-likeness (QED) is 0.745. The molecule has 1 atom stereocenters. The van der Waals surface area contributed by atoms with Crippen molar-refractivity contribution in [3.63, 3.8) is 0 Å². The summed E-state index contributed by atoms with van der Waals surface area (Å²) in [6.07, 6.45) is 3.14. The van der Waals surface area contributed by atoms with Crippen LogP contribution in [0.3, 0.4) is 0 Å². The van der Waals surface area contributed by atoms with E-state index in [9.17, 15) is 18.4 Å². The van der Waals surface area contributed by atoms with Gasteiger partial charge in [-0.05, 0) is 12.1 Å². The molecule has 0 bridgehead atoms. The number of rotatable bonds is 3. The number of carbonyl (C=O) groups excluding carboxylic acids is 2. The van der Waals surface area contributed by atoms with E-state index >= 15 is 0 Å². The molecule has 0 saturated carbocycles. The van der Waals surface area contributed by atoms with Crippen LogP contribution in [0.25, 0.3) is 5.65 Å². The third kappa shape index (κ3) is 3.29. The second-order valence-electron chi connectivity index (χ2n) is 6.49. The minimum Gasteiger partial charge on any atom is -0.318 e. The van der Waals surface area contributed by atoms with Crippen LogP contribution in [0.2, 0.25) is 0 Å². The normalized spacial score (nSPS) is 16.5. The van der Waals surface area contributed by atoms with Gasteiger partial charge in [-0.3, -0.25) is 14.4 Å². The molecule has 2 amide bonds. The van der Waals surface area contributed by atoms with E-state index in [2.05, 4.69) is 15.4 Å². The average molecular weight is 387 g/mol. The van der Waals surface area contributed by atoms with Gasteiger partial charge in [0, 0.05) is 30.4 Å². The van der Waals surface area contributed by atoms with Gasteiger partial charge in [-0.1, -0.05) is 6.92 Å². The molecular formula is C18H15F2N5O3. The van der Waals surface area contributed by atoms with Gasteiger partial charge in [0.15, 0.2) is 11.3 Å². The van der Waals surface area contributed by atoms with Crippen LogP contribution in [0, 0.1) is 17.6 Å². The van der Waals surface area contributed by atoms with Crippen molar-refractivity contribution in [2.24, 2.45) is 5.92 Å². The van der Waals surface area contributed by atoms with Crippen LogP contribution >= 0.6 is 0 Å². The summed E-state index contributed by atoms with van der Waals surface area (Å²) in [4.78, 5) is 34.1. The van der Waals surface area contributed by atoms with E-state index in [0.29, 0.717) is 24.9 Å². The topological polar surface area (TPSA) is 88.8 Å². The summed E-state index contributed by atoms with van der Waals surface area (Å²) in [5.41, 5.74) is -0.315. The predicted molar refractivity (Wildman–Crippen MR) is 93.5 cm³/mol. The fourth-order valence-electron chi connectivity index (χ4n) is 2.82. The molecule has 2 aromatic heterocycles. The van der Waals surface area contributed by atoms with Gasteiger partial charge in [0.05, 0.1) is 24.4 Å². The molecule has 1 saturated heterocycles. The number of nitrogens with zero attached hydrogens (tertiary/aromatic N) is 4. The Morgan fingerprint density at radius 2 is 2.07 bits per heavy atom. The summed E-state index contributed by atoms with van der Waals surface area (Å²) in [6, 6.07) is 4.56. The first kappa shape index (κ1) is 18.0. The zero-order chi connectivity index (χ0) is 19.8. The van der Waals surface area contributed by atoms with E-state index in [-0.39, 0.29) is 17.3 Å². The van der Waals surface area contributed by atoms with Gasteiger partial charge in [0.2, 0.25) is 0 Å². The zero-order valence-corrected chi connectivity index (χ0v) is 14.7. The summed E-state index contributed by atoms with van der Waals surface area (Å²) in [6.45, 7) is 2.51. The molecule has 144 valence electrons. The van der Waals surface area contributed by atoms with Crippen molar-refractivity contribution in [3.8, 4) is 0 Å². The van der Waals surface area contributed by atoms with Crippen molar-refractivity contribution in [1.82, 2.24) is 19.7 Å². The number of fused-ring (bicyclic) bond motifs is 1. The van der Waals surface area contributed by atoms with Crippen LogP contribution < -0.4 is 5.32 Å². The first-order chi connectivity index (χ1) is 13.4. The summed E-state index contributed by atoms with van der Waals surface area (Å²) in [7, 11) is 0. The van der Waals surface area contributed by atoms with Gasteiger partial charge >= 0.3 is 0 Å². The molecule has 28 heavy (non-hydrogen) atoms. The molecular weight excluding hydrogens is 372 g/mol. The Bertz CT molecular complexity index is 1050. The SMILES string of the molecule is CC1CON(C(=O)c2cc(NC(=O)c3cc4ncccn4n3)c(F)cc2F)C1. The van der Waals surface area contributed by atoms with Gasteiger partial charge in [-0.25, -0.2) is 23.3 Å². The third-order valence-electron chi connectivity index (χ3n) is 4.22. The molecule has 1 aromatic carbocycles. The van der Waals surface area contributed by atoms with Gasteiger partial charge < -0.3 is 5.32 Å². The Labute approximate surface area is 157 Å². The molecule has 10 heteroatoms. The third-order valence-corrected chi connectivity index (χ3v) is 4.22. The Hall–Kier alpha value is -3.40. The number of hydroxylamine groups is 2. The van der Waals surface area contributed by atoms with Crippen molar-refractivity contribution in [1.29, 1.82) is 0 Å². The van der Waals surface area contributed by atoms with Crippen LogP contribution in [-0.4, -0.2) is 44.6 Å². The number of carbonyl (C=O) groups is 2. The maximum absolute atomic E-state index is 14.2. The summed E-state index contributed by atoms with van der Waals surface area (Å²) >= 11 is 0. The molecule has 0 spiro atoms. The Kier molecular flexibility index (Phi) is 4.47. The Morgan fingerprint density at radius 1 is 1.25 bits per heavy atom. The fraction of sp³-hybridized carbons (Fsp3) is 0.222. The van der Waals surface area contributed by atoms with Gasteiger partial charge in [0.25, 0.3) is 11.8 Å². The first-order valence-electron chi connectivity index (χ1n) is 8.48. The van der Waals surface area contributed by atoms with E-state index in [1.54, 1.807) is 12.3 Å². The minimum absolute atomic E-state index is 0.00741. The van der Waals surface area contributed by atoms with Crippen molar-refractivity contribution < 1.29 is 23.2 Å². The van der Waals surface area contributed by atoms with Crippen molar-refractivity contribution in [3.05, 3.63) is 59.6 Å². The molecule has 1 aliphatic rings. The van der Waals surface area contributed by atoms with Crippen molar-refractivity contribution in [2.75, 3.05) is 18.5 Å². The average Bonchev–Trinajstić information content (AvgIpc) is 3.29. The lowest BCUT2D eigenvalue weighted by atomic mass is 10.1. The number of aromatic nitrogens is 3. The van der Waals surface area contributed by atoms with Crippen LogP contribution in [-0.2, 0) is 4.84 Å². The molecule has 1 fully saturated rings. The number of hydrogen-bond acceptors (Lipinski definition) is 5. The second-order valence-corrected chi connectivity index (χ2v) is 6.49. The van der Waals surface area contributed by atoms with E-state index < -0.39 is 29.0 Å². The lowest BCUT2D eigenvalue weighted by Crippen LogP contribution is -2.28. The zero-order valence-electron chi connectivity index (χ0n) is 14.7. The fourth-order valence-corrected chi connectivity index (χ4v) is 2.82. The highest BCUT2D eigenvalue weighted by molar-refractivity contribution is 6.04. The minimum atomic E-state index is -1.04. The maximum atomic E-state index is 14.2. The van der Waals surface area contributed by atoms with E-state index in [1.165, 1.54) is 16.8 Å². The first-order valence-corrected chi connectivity index (χ1v) is 8.48. The number of hydrogen-bond donors (Lipinski definition) is 1. The maximum Gasteiger partial charge on any atom is 0.280 e. The Balaban J connectivity index is 1.60. The van der Waals surface area contributed by atoms with E-state index in [1.807, 2.05) is 6.92 Å². The van der Waals surface area contributed by atoms with Gasteiger partial charge in [-0.15, -0.1) is 0 Å². The van der Waals surface area contributed by atoms with Crippen LogP contribution in [0.4, 0.5) is 14.5 Å². The highest BCUT2D eigenvalue weighted by atomic mass is 19.1. The second kappa shape index (κ2) is 6.97. The number of amides is 2. The molecule has 3 aromatic rings. The molecule has 0 radical (unpaired) electrons. The van der Waals surface area contributed by atoms with Gasteiger partial charge in [0.1, 0.15) is 11.6 Å². The lowest BCUT2D eigenvalue weighted by Gasteiger charge is -2.15. The molecule has 1 aliphatic heterocycles. The molecule has 1 N–H and O–H groups in total. The molecule has 4 rings (SSSR count). The molecule has 1 unspecified atom stereocenters. The van der Waals surface area contributed by atoms with Crippen molar-refractivity contribution >= 4 is 23.1 Å². The van der Waals surface area contributed by atoms with Gasteiger partial charge in [-0.2, -0.15) is 5.10 Å². The van der Waals surface area contributed by atoms with E-state index in [4.69, 9.17) is 4.84 Å². The summed E-state index contributed by atoms with van der Waals surface area (Å²) < 4.78 is 29.7. The number of halogens is 2. The van der Waals surface area contributed by atoms with Crippen LogP contribution in [0.1, 0.15) is 27.8 Å². The number of benzene rings is 1. The van der Waals surface area contributed by atoms with Crippen molar-refractivity contribution in [2.45, 2.75) is 6.92 Å². The highest BCUT2D eigenvalue weighted by Crippen LogP contribution is 2.23. The highest BCUT2D eigenvalue weighted by Gasteiger charge is 2.28. The summed E-state index contributed by atoms with van der Waals surface area (Å²) in [5, 5.41) is 7.38. The van der Waals surface area contributed by atoms with Crippen LogP contribution in [0.15, 0.2) is 36.7 Å². The monoisotopic (exact) mass is 387 g/mol. The van der Waals surface area contributed by atoms with E-state index in [0.717, 1.165) is 11.1 Å².